The van der Waals surface area contributed by atoms with E-state index in [1.807, 2.05) is 20.8 Å². The highest BCUT2D eigenvalue weighted by Gasteiger charge is 2.18. The van der Waals surface area contributed by atoms with Gasteiger partial charge in [-0.05, 0) is 25.0 Å². The Morgan fingerprint density at radius 2 is 2.06 bits per heavy atom. The van der Waals surface area contributed by atoms with Gasteiger partial charge in [0.1, 0.15) is 5.56 Å². The highest BCUT2D eigenvalue weighted by atomic mass is 16.5. The van der Waals surface area contributed by atoms with Gasteiger partial charge in [0.05, 0.1) is 20.3 Å². The molecule has 0 atom stereocenters. The average molecular weight is 252 g/mol. The fourth-order valence-corrected chi connectivity index (χ4v) is 1.45. The molecule has 4 nitrogen and oxygen atoms in total. The zero-order valence-corrected chi connectivity index (χ0v) is 11.4. The van der Waals surface area contributed by atoms with E-state index in [4.69, 9.17) is 14.2 Å². The Balaban J connectivity index is 2.95. The summed E-state index contributed by atoms with van der Waals surface area (Å²) >= 11 is 0. The normalized spacial score (nSPS) is 10.3. The van der Waals surface area contributed by atoms with Crippen LogP contribution in [0.15, 0.2) is 18.2 Å². The summed E-state index contributed by atoms with van der Waals surface area (Å²) in [7, 11) is 1.54. The van der Waals surface area contributed by atoms with Crippen LogP contribution in [-0.2, 0) is 4.74 Å². The third kappa shape index (κ3) is 3.65. The largest absolute Gasteiger partial charge is 0.493 e. The fraction of sp³-hybridized carbons (Fsp3) is 0.500. The Kier molecular flexibility index (Phi) is 5.49. The average Bonchev–Trinajstić information content (AvgIpc) is 2.36. The highest BCUT2D eigenvalue weighted by molar-refractivity contribution is 5.93. The molecule has 0 radical (unpaired) electrons. The molecule has 0 saturated carbocycles. The van der Waals surface area contributed by atoms with Crippen molar-refractivity contribution in [3.05, 3.63) is 23.8 Å². The first-order valence-electron chi connectivity index (χ1n) is 6.07. The van der Waals surface area contributed by atoms with Gasteiger partial charge in [0.2, 0.25) is 0 Å². The molecule has 0 N–H and O–H groups in total. The van der Waals surface area contributed by atoms with Gasteiger partial charge in [0.15, 0.2) is 11.5 Å². The maximum absolute atomic E-state index is 12.0. The Morgan fingerprint density at radius 1 is 1.33 bits per heavy atom. The molecule has 0 aromatic heterocycles. The molecule has 1 rings (SSSR count). The first-order valence-corrected chi connectivity index (χ1v) is 6.07. The van der Waals surface area contributed by atoms with Crippen molar-refractivity contribution in [3.8, 4) is 11.5 Å². The number of para-hydroxylation sites is 1. The fourth-order valence-electron chi connectivity index (χ4n) is 1.45. The third-order valence-corrected chi connectivity index (χ3v) is 2.26. The lowest BCUT2D eigenvalue weighted by molar-refractivity contribution is 0.0454. The molecule has 0 aliphatic rings. The first-order chi connectivity index (χ1) is 8.60. The zero-order valence-electron chi connectivity index (χ0n) is 11.4. The summed E-state index contributed by atoms with van der Waals surface area (Å²) in [6.45, 7) is 6.69. The second-order valence-electron chi connectivity index (χ2n) is 4.26. The topological polar surface area (TPSA) is 44.8 Å². The summed E-state index contributed by atoms with van der Waals surface area (Å²) in [4.78, 5) is 12.0. The summed E-state index contributed by atoms with van der Waals surface area (Å²) < 4.78 is 15.8. The van der Waals surface area contributed by atoms with E-state index in [0.29, 0.717) is 36.2 Å². The molecule has 100 valence electrons. The number of hydrogen-bond donors (Lipinski definition) is 0. The zero-order chi connectivity index (χ0) is 13.5. The van der Waals surface area contributed by atoms with Crippen LogP contribution in [0.4, 0.5) is 0 Å². The Labute approximate surface area is 108 Å². The van der Waals surface area contributed by atoms with Crippen LogP contribution in [0.5, 0.6) is 11.5 Å². The van der Waals surface area contributed by atoms with Crippen molar-refractivity contribution in [3.63, 3.8) is 0 Å². The van der Waals surface area contributed by atoms with Gasteiger partial charge in [-0.15, -0.1) is 0 Å². The molecule has 0 spiro atoms. The number of esters is 1. The predicted molar refractivity (Wildman–Crippen MR) is 69.3 cm³/mol. The van der Waals surface area contributed by atoms with Crippen LogP contribution in [0.2, 0.25) is 0 Å². The van der Waals surface area contributed by atoms with Crippen LogP contribution < -0.4 is 9.47 Å². The second kappa shape index (κ2) is 6.89. The van der Waals surface area contributed by atoms with E-state index in [1.54, 1.807) is 25.3 Å². The minimum Gasteiger partial charge on any atom is -0.493 e. The molecule has 1 aromatic rings. The maximum Gasteiger partial charge on any atom is 0.342 e. The van der Waals surface area contributed by atoms with Crippen LogP contribution in [0, 0.1) is 5.92 Å². The minimum atomic E-state index is -0.383. The number of ether oxygens (including phenoxy) is 3. The number of benzene rings is 1. The molecule has 0 aliphatic carbocycles. The van der Waals surface area contributed by atoms with Gasteiger partial charge in [0, 0.05) is 0 Å². The minimum absolute atomic E-state index is 0.301. The Morgan fingerprint density at radius 3 is 2.61 bits per heavy atom. The molecular formula is C14H20O4. The van der Waals surface area contributed by atoms with Crippen LogP contribution in [-0.4, -0.2) is 26.3 Å². The molecule has 0 amide bonds. The van der Waals surface area contributed by atoms with E-state index in [0.717, 1.165) is 0 Å². The van der Waals surface area contributed by atoms with Gasteiger partial charge < -0.3 is 14.2 Å². The smallest absolute Gasteiger partial charge is 0.342 e. The van der Waals surface area contributed by atoms with Crippen molar-refractivity contribution >= 4 is 5.97 Å². The summed E-state index contributed by atoms with van der Waals surface area (Å²) in [5.74, 6) is 0.897. The van der Waals surface area contributed by atoms with Crippen molar-refractivity contribution in [1.29, 1.82) is 0 Å². The molecule has 0 unspecified atom stereocenters. The standard InChI is InChI=1S/C14H20O4/c1-5-17-13-11(7-6-8-12(13)16-4)14(15)18-9-10(2)3/h6-8,10H,5,9H2,1-4H3. The first kappa shape index (κ1) is 14.4. The Hall–Kier alpha value is -1.71. The molecule has 0 aliphatic heterocycles. The van der Waals surface area contributed by atoms with Crippen LogP contribution in [0.1, 0.15) is 31.1 Å². The van der Waals surface area contributed by atoms with Gasteiger partial charge in [-0.1, -0.05) is 19.9 Å². The van der Waals surface area contributed by atoms with E-state index in [-0.39, 0.29) is 5.97 Å². The van der Waals surface area contributed by atoms with Crippen molar-refractivity contribution in [1.82, 2.24) is 0 Å². The third-order valence-electron chi connectivity index (χ3n) is 2.26. The van der Waals surface area contributed by atoms with E-state index in [9.17, 15) is 4.79 Å². The van der Waals surface area contributed by atoms with Gasteiger partial charge in [-0.2, -0.15) is 0 Å². The SMILES string of the molecule is CCOc1c(OC)cccc1C(=O)OCC(C)C. The summed E-state index contributed by atoms with van der Waals surface area (Å²) in [5.41, 5.74) is 0.400. The van der Waals surface area contributed by atoms with Gasteiger partial charge in [0.25, 0.3) is 0 Å². The van der Waals surface area contributed by atoms with E-state index >= 15 is 0 Å². The number of carbonyl (C=O) groups is 1. The molecule has 18 heavy (non-hydrogen) atoms. The number of rotatable bonds is 6. The van der Waals surface area contributed by atoms with Gasteiger partial charge in [-0.25, -0.2) is 4.79 Å². The molecule has 0 saturated heterocycles. The molecule has 4 heteroatoms. The number of carbonyl (C=O) groups excluding carboxylic acids is 1. The van der Waals surface area contributed by atoms with Crippen LogP contribution in [0.25, 0.3) is 0 Å². The van der Waals surface area contributed by atoms with Crippen LogP contribution in [0.3, 0.4) is 0 Å². The molecular weight excluding hydrogens is 232 g/mol. The van der Waals surface area contributed by atoms with Crippen molar-refractivity contribution < 1.29 is 19.0 Å². The van der Waals surface area contributed by atoms with Crippen molar-refractivity contribution in [2.45, 2.75) is 20.8 Å². The summed E-state index contributed by atoms with van der Waals surface area (Å²) in [6.07, 6.45) is 0. The van der Waals surface area contributed by atoms with E-state index in [2.05, 4.69) is 0 Å². The van der Waals surface area contributed by atoms with E-state index in [1.165, 1.54) is 0 Å². The number of methoxy groups -OCH3 is 1. The van der Waals surface area contributed by atoms with Gasteiger partial charge in [-0.3, -0.25) is 0 Å². The maximum atomic E-state index is 12.0. The number of hydrogen-bond acceptors (Lipinski definition) is 4. The molecule has 0 heterocycles. The lowest BCUT2D eigenvalue weighted by Gasteiger charge is -2.14. The lowest BCUT2D eigenvalue weighted by Crippen LogP contribution is -2.12. The van der Waals surface area contributed by atoms with E-state index < -0.39 is 0 Å². The highest BCUT2D eigenvalue weighted by Crippen LogP contribution is 2.31. The molecule has 0 bridgehead atoms. The molecule has 0 fully saturated rings. The lowest BCUT2D eigenvalue weighted by atomic mass is 10.2. The van der Waals surface area contributed by atoms with Gasteiger partial charge >= 0.3 is 5.97 Å². The monoisotopic (exact) mass is 252 g/mol. The molecule has 1 aromatic carbocycles. The summed E-state index contributed by atoms with van der Waals surface area (Å²) in [6, 6.07) is 5.17. The summed E-state index contributed by atoms with van der Waals surface area (Å²) in [5, 5.41) is 0. The van der Waals surface area contributed by atoms with Crippen molar-refractivity contribution in [2.75, 3.05) is 20.3 Å². The van der Waals surface area contributed by atoms with Crippen LogP contribution >= 0.6 is 0 Å². The quantitative estimate of drug-likeness (QED) is 0.730. The van der Waals surface area contributed by atoms with Crippen molar-refractivity contribution in [2.24, 2.45) is 5.92 Å². The predicted octanol–water partition coefficient (Wildman–Crippen LogP) is 2.91. The Bertz CT molecular complexity index is 399. The second-order valence-corrected chi connectivity index (χ2v) is 4.26.